The molecule has 0 radical (unpaired) electrons. The van der Waals surface area contributed by atoms with Crippen molar-refractivity contribution in [3.05, 3.63) is 24.3 Å². The van der Waals surface area contributed by atoms with Crippen LogP contribution in [0.3, 0.4) is 0 Å². The number of hydrogen-bond acceptors (Lipinski definition) is 3. The Balaban J connectivity index is 2.03. The van der Waals surface area contributed by atoms with E-state index in [0.29, 0.717) is 19.3 Å². The topological polar surface area (TPSA) is 55.9 Å². The van der Waals surface area contributed by atoms with Gasteiger partial charge in [0.25, 0.3) is 0 Å². The Hall–Kier alpha value is -2.24. The van der Waals surface area contributed by atoms with Crippen molar-refractivity contribution in [2.45, 2.75) is 26.8 Å². The van der Waals surface area contributed by atoms with E-state index in [2.05, 4.69) is 24.1 Å². The molecule has 6 nitrogen and oxygen atoms in total. The summed E-state index contributed by atoms with van der Waals surface area (Å²) in [5.74, 6) is -0.00839. The molecule has 22 heavy (non-hydrogen) atoms. The first kappa shape index (κ1) is 16.1. The van der Waals surface area contributed by atoms with E-state index in [9.17, 15) is 9.59 Å². The summed E-state index contributed by atoms with van der Waals surface area (Å²) in [6.07, 6.45) is 0. The molecule has 0 bridgehead atoms. The van der Waals surface area contributed by atoms with E-state index in [4.69, 9.17) is 0 Å². The summed E-state index contributed by atoms with van der Waals surface area (Å²) < 4.78 is 0. The van der Waals surface area contributed by atoms with Crippen LogP contribution in [0, 0.1) is 0 Å². The van der Waals surface area contributed by atoms with Gasteiger partial charge in [-0.25, -0.2) is 4.79 Å². The Labute approximate surface area is 131 Å². The summed E-state index contributed by atoms with van der Waals surface area (Å²) >= 11 is 0. The number of anilines is 2. The Kier molecular flexibility index (Phi) is 4.90. The van der Waals surface area contributed by atoms with Crippen LogP contribution < -0.4 is 10.2 Å². The number of likely N-dealkylation sites (N-methyl/N-ethyl adjacent to an activating group) is 1. The number of nitrogens with one attached hydrogen (secondary N) is 1. The second-order valence-corrected chi connectivity index (χ2v) is 5.77. The molecule has 1 saturated heterocycles. The van der Waals surface area contributed by atoms with Gasteiger partial charge >= 0.3 is 6.03 Å². The highest BCUT2D eigenvalue weighted by molar-refractivity contribution is 5.94. The maximum Gasteiger partial charge on any atom is 0.323 e. The Morgan fingerprint density at radius 3 is 2.73 bits per heavy atom. The van der Waals surface area contributed by atoms with Crippen molar-refractivity contribution in [1.82, 2.24) is 9.80 Å². The molecule has 120 valence electrons. The Morgan fingerprint density at radius 1 is 1.41 bits per heavy atom. The second kappa shape index (κ2) is 6.68. The van der Waals surface area contributed by atoms with E-state index in [1.165, 1.54) is 4.90 Å². The van der Waals surface area contributed by atoms with Crippen molar-refractivity contribution >= 4 is 23.3 Å². The van der Waals surface area contributed by atoms with Gasteiger partial charge < -0.3 is 15.1 Å². The van der Waals surface area contributed by atoms with Gasteiger partial charge in [0.05, 0.1) is 6.67 Å². The number of amides is 3. The van der Waals surface area contributed by atoms with Crippen LogP contribution in [0.2, 0.25) is 0 Å². The average Bonchev–Trinajstić information content (AvgIpc) is 2.87. The first-order chi connectivity index (χ1) is 10.4. The van der Waals surface area contributed by atoms with Crippen molar-refractivity contribution < 1.29 is 9.59 Å². The molecule has 6 heteroatoms. The van der Waals surface area contributed by atoms with Crippen LogP contribution >= 0.6 is 0 Å². The van der Waals surface area contributed by atoms with Crippen molar-refractivity contribution in [2.24, 2.45) is 0 Å². The number of urea groups is 1. The summed E-state index contributed by atoms with van der Waals surface area (Å²) in [6.45, 7) is 7.25. The standard InChI is InChI=1S/C16H24N4O2/c1-5-19-11-20(10-15(19)21)16(22)17-13-7-6-8-14(9-13)18(4)12(2)3/h6-9,12H,5,10-11H2,1-4H3,(H,17,22). The van der Waals surface area contributed by atoms with E-state index < -0.39 is 0 Å². The number of benzene rings is 1. The third-order valence-corrected chi connectivity index (χ3v) is 3.97. The average molecular weight is 304 g/mol. The van der Waals surface area contributed by atoms with Crippen LogP contribution in [-0.2, 0) is 4.79 Å². The van der Waals surface area contributed by atoms with Crippen molar-refractivity contribution in [1.29, 1.82) is 0 Å². The molecule has 1 heterocycles. The number of nitrogens with zero attached hydrogens (tertiary/aromatic N) is 3. The van der Waals surface area contributed by atoms with Crippen LogP contribution in [0.15, 0.2) is 24.3 Å². The maximum atomic E-state index is 12.3. The summed E-state index contributed by atoms with van der Waals surface area (Å²) in [6, 6.07) is 7.85. The fourth-order valence-electron chi connectivity index (χ4n) is 2.31. The molecule has 0 unspecified atom stereocenters. The zero-order valence-electron chi connectivity index (χ0n) is 13.7. The Bertz CT molecular complexity index is 559. The van der Waals surface area contributed by atoms with Gasteiger partial charge in [0, 0.05) is 31.0 Å². The molecule has 3 amide bonds. The van der Waals surface area contributed by atoms with Crippen molar-refractivity contribution in [3.63, 3.8) is 0 Å². The lowest BCUT2D eigenvalue weighted by Crippen LogP contribution is -2.34. The van der Waals surface area contributed by atoms with Crippen LogP contribution in [0.5, 0.6) is 0 Å². The number of hydrogen-bond donors (Lipinski definition) is 1. The van der Waals surface area contributed by atoms with Crippen molar-refractivity contribution in [3.8, 4) is 0 Å². The molecule has 0 atom stereocenters. The first-order valence-corrected chi connectivity index (χ1v) is 7.59. The van der Waals surface area contributed by atoms with Gasteiger partial charge in [-0.15, -0.1) is 0 Å². The zero-order chi connectivity index (χ0) is 16.3. The fourth-order valence-corrected chi connectivity index (χ4v) is 2.31. The third-order valence-electron chi connectivity index (χ3n) is 3.97. The molecular weight excluding hydrogens is 280 g/mol. The lowest BCUT2D eigenvalue weighted by Gasteiger charge is -2.24. The highest BCUT2D eigenvalue weighted by atomic mass is 16.2. The number of carbonyl (C=O) groups is 2. The van der Waals surface area contributed by atoms with Gasteiger partial charge in [-0.1, -0.05) is 6.07 Å². The largest absolute Gasteiger partial charge is 0.372 e. The third kappa shape index (κ3) is 3.50. The normalized spacial score (nSPS) is 14.7. The summed E-state index contributed by atoms with van der Waals surface area (Å²) in [7, 11) is 2.02. The van der Waals surface area contributed by atoms with Crippen LogP contribution in [-0.4, -0.2) is 54.6 Å². The van der Waals surface area contributed by atoms with Gasteiger partial charge in [-0.2, -0.15) is 0 Å². The highest BCUT2D eigenvalue weighted by Crippen LogP contribution is 2.20. The molecule has 0 saturated carbocycles. The maximum absolute atomic E-state index is 12.3. The Morgan fingerprint density at radius 2 is 2.14 bits per heavy atom. The SMILES string of the molecule is CCN1CN(C(=O)Nc2cccc(N(C)C(C)C)c2)CC1=O. The number of rotatable bonds is 4. The molecule has 1 fully saturated rings. The smallest absolute Gasteiger partial charge is 0.323 e. The van der Waals surface area contributed by atoms with Crippen molar-refractivity contribution in [2.75, 3.05) is 37.0 Å². The predicted octanol–water partition coefficient (Wildman–Crippen LogP) is 2.18. The summed E-state index contributed by atoms with van der Waals surface area (Å²) in [5.41, 5.74) is 1.78. The minimum absolute atomic E-state index is 0.00839. The number of carbonyl (C=O) groups excluding carboxylic acids is 2. The van der Waals surface area contributed by atoms with E-state index >= 15 is 0 Å². The molecule has 0 spiro atoms. The fraction of sp³-hybridized carbons (Fsp3) is 0.500. The molecule has 1 aromatic rings. The molecule has 1 aliphatic heterocycles. The second-order valence-electron chi connectivity index (χ2n) is 5.77. The molecule has 2 rings (SSSR count). The molecule has 0 aromatic heterocycles. The van der Waals surface area contributed by atoms with Gasteiger partial charge in [0.2, 0.25) is 5.91 Å². The molecular formula is C16H24N4O2. The van der Waals surface area contributed by atoms with E-state index in [-0.39, 0.29) is 18.5 Å². The molecule has 1 N–H and O–H groups in total. The van der Waals surface area contributed by atoms with Gasteiger partial charge in [-0.3, -0.25) is 9.69 Å². The van der Waals surface area contributed by atoms with Crippen LogP contribution in [0.25, 0.3) is 0 Å². The van der Waals surface area contributed by atoms with E-state index in [1.54, 1.807) is 4.90 Å². The highest BCUT2D eigenvalue weighted by Gasteiger charge is 2.29. The lowest BCUT2D eigenvalue weighted by atomic mass is 10.2. The van der Waals surface area contributed by atoms with Gasteiger partial charge in [-0.05, 0) is 39.0 Å². The molecule has 1 aliphatic rings. The zero-order valence-corrected chi connectivity index (χ0v) is 13.7. The minimum atomic E-state index is -0.242. The summed E-state index contributed by atoms with van der Waals surface area (Å²) in [5, 5.41) is 2.86. The monoisotopic (exact) mass is 304 g/mol. The van der Waals surface area contributed by atoms with Gasteiger partial charge in [0.15, 0.2) is 0 Å². The quantitative estimate of drug-likeness (QED) is 0.927. The van der Waals surface area contributed by atoms with Crippen LogP contribution in [0.4, 0.5) is 16.2 Å². The minimum Gasteiger partial charge on any atom is -0.372 e. The lowest BCUT2D eigenvalue weighted by molar-refractivity contribution is -0.126. The summed E-state index contributed by atoms with van der Waals surface area (Å²) in [4.78, 5) is 29.3. The van der Waals surface area contributed by atoms with E-state index in [0.717, 1.165) is 11.4 Å². The van der Waals surface area contributed by atoms with Crippen LogP contribution in [0.1, 0.15) is 20.8 Å². The molecule has 0 aliphatic carbocycles. The first-order valence-electron chi connectivity index (χ1n) is 7.59. The predicted molar refractivity (Wildman–Crippen MR) is 88.0 cm³/mol. The van der Waals surface area contributed by atoms with E-state index in [1.807, 2.05) is 38.2 Å². The molecule has 1 aromatic carbocycles. The van der Waals surface area contributed by atoms with Gasteiger partial charge in [0.1, 0.15) is 6.54 Å².